The van der Waals surface area contributed by atoms with Gasteiger partial charge >= 0.3 is 0 Å². The molecular formula is C129H77N15. The van der Waals surface area contributed by atoms with Gasteiger partial charge in [0.1, 0.15) is 0 Å². The number of benzene rings is 20. The molecule has 668 valence electrons. The zero-order valence-electron chi connectivity index (χ0n) is 77.2. The zero-order valence-corrected chi connectivity index (χ0v) is 77.2. The number of para-hydroxylation sites is 9. The summed E-state index contributed by atoms with van der Waals surface area (Å²) < 4.78 is 14.1. The molecule has 0 amide bonds. The highest BCUT2D eigenvalue weighted by atomic mass is 15.2. The molecule has 12 aromatic heterocycles. The van der Waals surface area contributed by atoms with Crippen molar-refractivity contribution >= 4 is 180 Å². The summed E-state index contributed by atoms with van der Waals surface area (Å²) in [5, 5.41) is 21.8. The third-order valence-corrected chi connectivity index (χ3v) is 29.1. The van der Waals surface area contributed by atoms with Crippen LogP contribution in [0, 0.1) is 0 Å². The highest BCUT2D eigenvalue weighted by Gasteiger charge is 2.32. The molecule has 0 aliphatic carbocycles. The van der Waals surface area contributed by atoms with Gasteiger partial charge in [-0.3, -0.25) is 13.7 Å². The predicted molar refractivity (Wildman–Crippen MR) is 590 cm³/mol. The van der Waals surface area contributed by atoms with Crippen molar-refractivity contribution in [1.82, 2.24) is 71.8 Å². The quantitative estimate of drug-likeness (QED) is 0.124. The summed E-state index contributed by atoms with van der Waals surface area (Å²) in [6.07, 6.45) is 0. The first-order chi connectivity index (χ1) is 71.5. The molecule has 0 saturated heterocycles. The van der Waals surface area contributed by atoms with Gasteiger partial charge in [-0.2, -0.15) is 29.9 Å². The predicted octanol–water partition coefficient (Wildman–Crippen LogP) is 31.7. The van der Waals surface area contributed by atoms with E-state index >= 15 is 0 Å². The molecule has 12 heterocycles. The Morgan fingerprint density at radius 2 is 0.306 bits per heavy atom. The lowest BCUT2D eigenvalue weighted by Crippen LogP contribution is -2.06. The molecule has 0 aliphatic rings. The normalized spacial score (nSPS) is 12.0. The molecule has 144 heavy (non-hydrogen) atoms. The molecule has 0 aliphatic heterocycles. The molecule has 0 N–H and O–H groups in total. The van der Waals surface area contributed by atoms with E-state index in [0.29, 0.717) is 52.8 Å². The first kappa shape index (κ1) is 80.3. The maximum Gasteiger partial charge on any atom is 0.238 e. The van der Waals surface area contributed by atoms with Crippen molar-refractivity contribution in [2.45, 2.75) is 0 Å². The van der Waals surface area contributed by atoms with Gasteiger partial charge in [0.2, 0.25) is 17.8 Å². The van der Waals surface area contributed by atoms with Gasteiger partial charge in [0.15, 0.2) is 34.9 Å². The summed E-state index contributed by atoms with van der Waals surface area (Å²) in [6.45, 7) is 0. The van der Waals surface area contributed by atoms with Crippen LogP contribution in [0.25, 0.3) is 288 Å². The molecule has 32 aromatic rings. The van der Waals surface area contributed by atoms with Gasteiger partial charge < -0.3 is 13.2 Å². The van der Waals surface area contributed by atoms with Crippen LogP contribution in [0.3, 0.4) is 0 Å². The third kappa shape index (κ3) is 12.2. The first-order valence-corrected chi connectivity index (χ1v) is 48.6. The highest BCUT2D eigenvalue weighted by Crippen LogP contribution is 2.52. The van der Waals surface area contributed by atoms with Crippen LogP contribution in [0.4, 0.5) is 0 Å². The van der Waals surface area contributed by atoms with Gasteiger partial charge in [0.25, 0.3) is 0 Å². The Kier molecular flexibility index (Phi) is 17.8. The number of hydrogen-bond acceptors (Lipinski definition) is 9. The molecule has 0 radical (unpaired) electrons. The van der Waals surface area contributed by atoms with Gasteiger partial charge in [-0.15, -0.1) is 0 Å². The fraction of sp³-hybridized carbons (Fsp3) is 0. The Morgan fingerprint density at radius 1 is 0.118 bits per heavy atom. The number of aromatic nitrogens is 15. The van der Waals surface area contributed by atoms with Crippen molar-refractivity contribution < 1.29 is 0 Å². The second-order valence-corrected chi connectivity index (χ2v) is 37.0. The van der Waals surface area contributed by atoms with E-state index in [1.165, 1.54) is 141 Å². The average Bonchev–Trinajstić information content (AvgIpc) is 1.52. The minimum atomic E-state index is 0.591. The van der Waals surface area contributed by atoms with Gasteiger partial charge in [-0.05, 0) is 101 Å². The van der Waals surface area contributed by atoms with Gasteiger partial charge in [-0.1, -0.05) is 388 Å². The Labute approximate surface area is 821 Å². The zero-order chi connectivity index (χ0) is 94.3. The summed E-state index contributed by atoms with van der Waals surface area (Å²) in [6, 6.07) is 164. The SMILES string of the molecule is c1ccc(-c2ccc(-c3nc(-c4ccccc4)nc(-n4c5ccccc5c5cc6c7ccccc7n7c8ccccc8c(c54)c67)n3)cc2)cc1.c1ccc(-c2cccc(-c3nc(-c4ccccc4)nc(-n4c5ccccc5c5cc6c7ccccc7n7c8ccccc8c(c54)c67)n3)c2)cc1.c1ccc(-c2nc(-c3ccccc3)nc(-n3c4ccccc4c4cc5c6ccccc6n6c7ccccc7c(c43)c56)n2)cc1. The van der Waals surface area contributed by atoms with Crippen LogP contribution in [-0.2, 0) is 0 Å². The summed E-state index contributed by atoms with van der Waals surface area (Å²) in [5.74, 6) is 5.61. The Morgan fingerprint density at radius 3 is 0.597 bits per heavy atom. The molecule has 15 nitrogen and oxygen atoms in total. The highest BCUT2D eigenvalue weighted by molar-refractivity contribution is 6.37. The number of rotatable bonds is 11. The lowest BCUT2D eigenvalue weighted by molar-refractivity contribution is 0.955. The number of fused-ring (bicyclic) bond motifs is 30. The van der Waals surface area contributed by atoms with Crippen molar-refractivity contribution in [3.63, 3.8) is 0 Å². The van der Waals surface area contributed by atoms with E-state index in [-0.39, 0.29) is 0 Å². The molecule has 32 rings (SSSR count). The van der Waals surface area contributed by atoms with E-state index in [4.69, 9.17) is 44.9 Å². The standard InChI is InChI=1S/2C45H27N5.C39H23N5/c1-3-14-28(15-4-1)30-18-13-19-31(26-30)44-46-43(29-16-5-2-6-17-29)47-45(48-44)50-38-24-11-8-21-33(38)36-27-35-32-20-7-10-23-37(32)49-39-25-12-9-22-34(39)40(41(35)49)42(36)50;1-3-13-28(14-4-1)29-23-25-31(26-24-29)44-46-43(30-15-5-2-6-16-30)47-45(48-44)50-38-21-11-8-18-33(38)36-27-35-32-17-7-10-20-37(32)49-39-22-12-9-19-34(39)40(41(35)49)42(36)50;1-3-13-24(14-4-1)37-40-38(25-15-5-2-6-16-25)42-39(41-37)44-32-21-11-8-18-27(32)30-23-29-26-17-7-10-20-31(26)43-33-22-12-9-19-28(33)34(35(29)43)36(30)44/h2*1-27H;1-23H. The maximum atomic E-state index is 5.31. The third-order valence-electron chi connectivity index (χ3n) is 29.1. The Hall–Kier alpha value is -19.8. The van der Waals surface area contributed by atoms with Crippen LogP contribution in [0.2, 0.25) is 0 Å². The molecule has 0 fully saturated rings. The first-order valence-electron chi connectivity index (χ1n) is 48.6. The molecule has 20 aromatic carbocycles. The lowest BCUT2D eigenvalue weighted by Gasteiger charge is -2.12. The van der Waals surface area contributed by atoms with Gasteiger partial charge in [-0.25, -0.2) is 15.0 Å². The minimum absolute atomic E-state index is 0.591. The van der Waals surface area contributed by atoms with E-state index in [9.17, 15) is 0 Å². The molecule has 0 bridgehead atoms. The van der Waals surface area contributed by atoms with Crippen LogP contribution in [-0.4, -0.2) is 71.8 Å². The van der Waals surface area contributed by atoms with Crippen LogP contribution in [0.5, 0.6) is 0 Å². The number of hydrogen-bond donors (Lipinski definition) is 0. The smallest absolute Gasteiger partial charge is 0.238 e. The molecule has 0 atom stereocenters. The van der Waals surface area contributed by atoms with E-state index in [2.05, 4.69) is 409 Å². The molecule has 0 unspecified atom stereocenters. The van der Waals surface area contributed by atoms with Crippen molar-refractivity contribution in [1.29, 1.82) is 0 Å². The fourth-order valence-electron chi connectivity index (χ4n) is 22.9. The van der Waals surface area contributed by atoms with Crippen molar-refractivity contribution in [3.05, 3.63) is 467 Å². The Balaban J connectivity index is 0.000000101. The van der Waals surface area contributed by atoms with Crippen molar-refractivity contribution in [3.8, 4) is 108 Å². The monoisotopic (exact) mass is 1840 g/mol. The summed E-state index contributed by atoms with van der Waals surface area (Å²) in [5.41, 5.74) is 27.6. The van der Waals surface area contributed by atoms with Crippen molar-refractivity contribution in [2.75, 3.05) is 0 Å². The van der Waals surface area contributed by atoms with Crippen LogP contribution >= 0.6 is 0 Å². The van der Waals surface area contributed by atoms with Crippen LogP contribution in [0.15, 0.2) is 467 Å². The van der Waals surface area contributed by atoms with Crippen molar-refractivity contribution in [2.24, 2.45) is 0 Å². The van der Waals surface area contributed by atoms with E-state index in [1.807, 2.05) is 84.9 Å². The topological polar surface area (TPSA) is 144 Å². The molecular weight excluding hydrogens is 1760 g/mol. The van der Waals surface area contributed by atoms with Crippen LogP contribution < -0.4 is 0 Å². The van der Waals surface area contributed by atoms with Crippen LogP contribution in [0.1, 0.15) is 0 Å². The lowest BCUT2D eigenvalue weighted by atomic mass is 10.0. The molecule has 15 heteroatoms. The number of nitrogens with zero attached hydrogens (tertiary/aromatic N) is 15. The molecule has 0 spiro atoms. The molecule has 0 saturated carbocycles. The second kappa shape index (κ2) is 31.9. The summed E-state index contributed by atoms with van der Waals surface area (Å²) in [7, 11) is 0. The summed E-state index contributed by atoms with van der Waals surface area (Å²) >= 11 is 0. The summed E-state index contributed by atoms with van der Waals surface area (Å²) in [4.78, 5) is 46.6. The largest absolute Gasteiger partial charge is 0.308 e. The van der Waals surface area contributed by atoms with E-state index < -0.39 is 0 Å². The minimum Gasteiger partial charge on any atom is -0.308 e. The van der Waals surface area contributed by atoms with E-state index in [1.54, 1.807) is 0 Å². The van der Waals surface area contributed by atoms with E-state index in [0.717, 1.165) is 93.9 Å². The Bertz CT molecular complexity index is 10700. The van der Waals surface area contributed by atoms with Gasteiger partial charge in [0, 0.05) is 130 Å². The fourth-order valence-corrected chi connectivity index (χ4v) is 22.9. The second-order valence-electron chi connectivity index (χ2n) is 37.0. The van der Waals surface area contributed by atoms with Gasteiger partial charge in [0.05, 0.1) is 82.8 Å². The average molecular weight is 1840 g/mol. The maximum absolute atomic E-state index is 5.31.